The zero-order chi connectivity index (χ0) is 18.9. The number of aromatic nitrogens is 1. The normalized spacial score (nSPS) is 11.5. The lowest BCUT2D eigenvalue weighted by Crippen LogP contribution is -2.47. The van der Waals surface area contributed by atoms with Crippen molar-refractivity contribution in [2.75, 3.05) is 7.11 Å². The monoisotopic (exact) mass is 355 g/mol. The molecule has 0 spiro atoms. The van der Waals surface area contributed by atoms with Crippen LogP contribution in [-0.4, -0.2) is 34.8 Å². The first-order valence-electron chi connectivity index (χ1n) is 8.65. The summed E-state index contributed by atoms with van der Waals surface area (Å²) in [6, 6.07) is 12.4. The molecule has 138 valence electrons. The average molecular weight is 355 g/mol. The van der Waals surface area contributed by atoms with Crippen molar-refractivity contribution in [1.29, 1.82) is 0 Å². The Bertz CT molecular complexity index is 717. The molecule has 1 heterocycles. The highest BCUT2D eigenvalue weighted by molar-refractivity contribution is 5.87. The van der Waals surface area contributed by atoms with E-state index in [2.05, 4.69) is 10.3 Å². The summed E-state index contributed by atoms with van der Waals surface area (Å²) >= 11 is 0. The fourth-order valence-electron chi connectivity index (χ4n) is 2.54. The minimum Gasteiger partial charge on any atom is -0.497 e. The Morgan fingerprint density at radius 2 is 1.92 bits per heavy atom. The summed E-state index contributed by atoms with van der Waals surface area (Å²) in [4.78, 5) is 30.7. The van der Waals surface area contributed by atoms with Crippen molar-refractivity contribution in [1.82, 2.24) is 15.2 Å². The van der Waals surface area contributed by atoms with Gasteiger partial charge in [-0.15, -0.1) is 0 Å². The molecule has 2 aromatic rings. The van der Waals surface area contributed by atoms with Crippen LogP contribution in [0.3, 0.4) is 0 Å². The molecular formula is C20H25N3O3. The van der Waals surface area contributed by atoms with Crippen molar-refractivity contribution in [3.63, 3.8) is 0 Å². The molecule has 0 aliphatic rings. The highest BCUT2D eigenvalue weighted by Crippen LogP contribution is 2.15. The number of hydrogen-bond acceptors (Lipinski definition) is 4. The summed E-state index contributed by atoms with van der Waals surface area (Å²) in [5.74, 6) is 0.482. The molecule has 6 nitrogen and oxygen atoms in total. The van der Waals surface area contributed by atoms with E-state index in [9.17, 15) is 9.59 Å². The van der Waals surface area contributed by atoms with Gasteiger partial charge in [0.15, 0.2) is 0 Å². The standard InChI is InChI=1S/C20H25N3O3/c1-4-19(24)23(14-16-8-10-18(26-3)11-9-16)15(2)20(25)22-13-17-7-5-6-12-21-17/h5-12,15H,4,13-14H2,1-3H3,(H,22,25). The number of amides is 2. The number of methoxy groups -OCH3 is 1. The molecule has 26 heavy (non-hydrogen) atoms. The van der Waals surface area contributed by atoms with E-state index in [1.54, 1.807) is 32.1 Å². The smallest absolute Gasteiger partial charge is 0.242 e. The Hall–Kier alpha value is -2.89. The molecule has 1 aromatic heterocycles. The molecular weight excluding hydrogens is 330 g/mol. The Morgan fingerprint density at radius 3 is 2.50 bits per heavy atom. The van der Waals surface area contributed by atoms with Gasteiger partial charge in [0.25, 0.3) is 0 Å². The SMILES string of the molecule is CCC(=O)N(Cc1ccc(OC)cc1)C(C)C(=O)NCc1ccccn1. The molecule has 0 aliphatic carbocycles. The molecule has 0 fully saturated rings. The summed E-state index contributed by atoms with van der Waals surface area (Å²) in [7, 11) is 1.61. The summed E-state index contributed by atoms with van der Waals surface area (Å²) in [5.41, 5.74) is 1.72. The predicted molar refractivity (Wildman–Crippen MR) is 99.4 cm³/mol. The van der Waals surface area contributed by atoms with Crippen LogP contribution in [0.15, 0.2) is 48.7 Å². The molecule has 0 aliphatic heterocycles. The highest BCUT2D eigenvalue weighted by atomic mass is 16.5. The van der Waals surface area contributed by atoms with Crippen LogP contribution in [0.25, 0.3) is 0 Å². The van der Waals surface area contributed by atoms with Gasteiger partial charge < -0.3 is 15.0 Å². The van der Waals surface area contributed by atoms with Crippen LogP contribution in [0.4, 0.5) is 0 Å². The number of ether oxygens (including phenoxy) is 1. The van der Waals surface area contributed by atoms with Gasteiger partial charge >= 0.3 is 0 Å². The van der Waals surface area contributed by atoms with Gasteiger partial charge in [0, 0.05) is 19.2 Å². The maximum absolute atomic E-state index is 12.5. The van der Waals surface area contributed by atoms with E-state index in [4.69, 9.17) is 4.74 Å². The van der Waals surface area contributed by atoms with E-state index in [0.717, 1.165) is 17.0 Å². The van der Waals surface area contributed by atoms with Crippen LogP contribution in [0.1, 0.15) is 31.5 Å². The molecule has 6 heteroatoms. The van der Waals surface area contributed by atoms with E-state index in [-0.39, 0.29) is 11.8 Å². The van der Waals surface area contributed by atoms with Crippen LogP contribution >= 0.6 is 0 Å². The lowest BCUT2D eigenvalue weighted by molar-refractivity contribution is -0.140. The lowest BCUT2D eigenvalue weighted by Gasteiger charge is -2.28. The second kappa shape index (κ2) is 9.56. The molecule has 1 unspecified atom stereocenters. The zero-order valence-electron chi connectivity index (χ0n) is 15.4. The van der Waals surface area contributed by atoms with Crippen LogP contribution in [-0.2, 0) is 22.7 Å². The fourth-order valence-corrected chi connectivity index (χ4v) is 2.54. The maximum Gasteiger partial charge on any atom is 0.242 e. The highest BCUT2D eigenvalue weighted by Gasteiger charge is 2.25. The Labute approximate surface area is 154 Å². The van der Waals surface area contributed by atoms with Gasteiger partial charge in [-0.2, -0.15) is 0 Å². The number of carbonyl (C=O) groups excluding carboxylic acids is 2. The van der Waals surface area contributed by atoms with E-state index in [1.807, 2.05) is 42.5 Å². The van der Waals surface area contributed by atoms with Crippen molar-refractivity contribution in [2.24, 2.45) is 0 Å². The van der Waals surface area contributed by atoms with Gasteiger partial charge in [-0.3, -0.25) is 14.6 Å². The largest absolute Gasteiger partial charge is 0.497 e. The minimum absolute atomic E-state index is 0.0682. The first-order valence-corrected chi connectivity index (χ1v) is 8.65. The lowest BCUT2D eigenvalue weighted by atomic mass is 10.1. The van der Waals surface area contributed by atoms with Crippen molar-refractivity contribution in [3.8, 4) is 5.75 Å². The molecule has 0 saturated heterocycles. The topological polar surface area (TPSA) is 71.5 Å². The Kier molecular flexibility index (Phi) is 7.14. The molecule has 1 atom stereocenters. The number of benzene rings is 1. The number of pyridine rings is 1. The van der Waals surface area contributed by atoms with Gasteiger partial charge in [-0.1, -0.05) is 25.1 Å². The minimum atomic E-state index is -0.576. The van der Waals surface area contributed by atoms with Crippen molar-refractivity contribution >= 4 is 11.8 Å². The molecule has 1 N–H and O–H groups in total. The first-order chi connectivity index (χ1) is 12.5. The predicted octanol–water partition coefficient (Wildman–Crippen LogP) is 2.53. The average Bonchev–Trinajstić information content (AvgIpc) is 2.70. The number of rotatable bonds is 8. The number of carbonyl (C=O) groups is 2. The van der Waals surface area contributed by atoms with Gasteiger partial charge in [-0.05, 0) is 36.8 Å². The van der Waals surface area contributed by atoms with E-state index in [1.165, 1.54) is 0 Å². The van der Waals surface area contributed by atoms with Crippen molar-refractivity contribution in [3.05, 3.63) is 59.9 Å². The third-order valence-electron chi connectivity index (χ3n) is 4.15. The third-order valence-corrected chi connectivity index (χ3v) is 4.15. The van der Waals surface area contributed by atoms with E-state index >= 15 is 0 Å². The molecule has 2 rings (SSSR count). The molecule has 0 bridgehead atoms. The van der Waals surface area contributed by atoms with Crippen LogP contribution in [0, 0.1) is 0 Å². The second-order valence-corrected chi connectivity index (χ2v) is 5.94. The number of nitrogens with zero attached hydrogens (tertiary/aromatic N) is 2. The first kappa shape index (κ1) is 19.4. The second-order valence-electron chi connectivity index (χ2n) is 5.94. The summed E-state index contributed by atoms with van der Waals surface area (Å²) in [6.45, 7) is 4.24. The quantitative estimate of drug-likeness (QED) is 0.790. The Morgan fingerprint density at radius 1 is 1.19 bits per heavy atom. The molecule has 0 radical (unpaired) electrons. The van der Waals surface area contributed by atoms with E-state index < -0.39 is 6.04 Å². The molecule has 1 aromatic carbocycles. The summed E-state index contributed by atoms with van der Waals surface area (Å²) < 4.78 is 5.15. The fraction of sp³-hybridized carbons (Fsp3) is 0.350. The Balaban J connectivity index is 2.04. The van der Waals surface area contributed by atoms with Crippen LogP contribution < -0.4 is 10.1 Å². The van der Waals surface area contributed by atoms with Gasteiger partial charge in [-0.25, -0.2) is 0 Å². The third kappa shape index (κ3) is 5.31. The summed E-state index contributed by atoms with van der Waals surface area (Å²) in [5, 5.41) is 2.85. The molecule has 2 amide bonds. The molecule has 0 saturated carbocycles. The van der Waals surface area contributed by atoms with Gasteiger partial charge in [0.1, 0.15) is 11.8 Å². The van der Waals surface area contributed by atoms with Crippen molar-refractivity contribution in [2.45, 2.75) is 39.4 Å². The van der Waals surface area contributed by atoms with Crippen LogP contribution in [0.5, 0.6) is 5.75 Å². The number of nitrogens with one attached hydrogen (secondary N) is 1. The summed E-state index contributed by atoms with van der Waals surface area (Å²) in [6.07, 6.45) is 2.02. The van der Waals surface area contributed by atoms with Crippen LogP contribution in [0.2, 0.25) is 0 Å². The maximum atomic E-state index is 12.5. The van der Waals surface area contributed by atoms with E-state index in [0.29, 0.717) is 19.5 Å². The van der Waals surface area contributed by atoms with Gasteiger partial charge in [0.2, 0.25) is 11.8 Å². The van der Waals surface area contributed by atoms with Gasteiger partial charge in [0.05, 0.1) is 19.3 Å². The number of hydrogen-bond donors (Lipinski definition) is 1. The van der Waals surface area contributed by atoms with Crippen molar-refractivity contribution < 1.29 is 14.3 Å². The zero-order valence-corrected chi connectivity index (χ0v) is 15.4.